The minimum atomic E-state index is -0.416. The highest BCUT2D eigenvalue weighted by atomic mass is 16.6. The summed E-state index contributed by atoms with van der Waals surface area (Å²) in [5.41, 5.74) is 1.54. The molecule has 0 saturated carbocycles. The first kappa shape index (κ1) is 19.0. The Bertz CT molecular complexity index is 884. The first-order chi connectivity index (χ1) is 14.1. The molecule has 2 fully saturated rings. The van der Waals surface area contributed by atoms with Crippen molar-refractivity contribution >= 4 is 17.9 Å². The topological polar surface area (TPSA) is 81.2 Å². The van der Waals surface area contributed by atoms with Crippen molar-refractivity contribution in [3.8, 4) is 5.75 Å². The van der Waals surface area contributed by atoms with Gasteiger partial charge in [-0.05, 0) is 36.2 Å². The molecule has 1 aromatic carbocycles. The van der Waals surface area contributed by atoms with Crippen LogP contribution in [-0.4, -0.2) is 67.9 Å². The van der Waals surface area contributed by atoms with Crippen LogP contribution in [0.3, 0.4) is 0 Å². The molecule has 152 valence electrons. The fraction of sp³-hybridized carbons (Fsp3) is 0.381. The number of ether oxygens (including phenoxy) is 3. The number of methoxy groups -OCH3 is 2. The minimum absolute atomic E-state index is 0.0113. The molecule has 29 heavy (non-hydrogen) atoms. The third kappa shape index (κ3) is 3.83. The van der Waals surface area contributed by atoms with Gasteiger partial charge in [0.05, 0.1) is 32.4 Å². The Kier molecular flexibility index (Phi) is 5.24. The Labute approximate surface area is 169 Å². The predicted octanol–water partition coefficient (Wildman–Crippen LogP) is 2.13. The molecule has 2 aromatic rings. The third-order valence-electron chi connectivity index (χ3n) is 5.42. The smallest absolute Gasteiger partial charge is 0.410 e. The van der Waals surface area contributed by atoms with E-state index in [2.05, 4.69) is 9.88 Å². The highest BCUT2D eigenvalue weighted by Gasteiger charge is 2.47. The molecule has 0 N–H and O–H groups in total. The van der Waals surface area contributed by atoms with E-state index in [1.165, 1.54) is 13.3 Å². The number of amides is 1. The summed E-state index contributed by atoms with van der Waals surface area (Å²) in [6.45, 7) is 1.82. The van der Waals surface area contributed by atoms with Gasteiger partial charge in [0, 0.05) is 19.3 Å². The second-order valence-electron chi connectivity index (χ2n) is 7.08. The first-order valence-corrected chi connectivity index (χ1v) is 9.48. The number of nitrogens with zero attached hydrogens (tertiary/aromatic N) is 3. The summed E-state index contributed by atoms with van der Waals surface area (Å²) >= 11 is 0. The van der Waals surface area contributed by atoms with Gasteiger partial charge < -0.3 is 19.1 Å². The van der Waals surface area contributed by atoms with Gasteiger partial charge in [-0.1, -0.05) is 12.1 Å². The van der Waals surface area contributed by atoms with E-state index in [1.54, 1.807) is 24.1 Å². The van der Waals surface area contributed by atoms with Crippen LogP contribution >= 0.6 is 0 Å². The van der Waals surface area contributed by atoms with E-state index in [-0.39, 0.29) is 18.2 Å². The van der Waals surface area contributed by atoms with E-state index in [9.17, 15) is 9.59 Å². The molecule has 0 spiro atoms. The Balaban J connectivity index is 1.39. The number of benzene rings is 1. The second-order valence-corrected chi connectivity index (χ2v) is 7.08. The van der Waals surface area contributed by atoms with Crippen molar-refractivity contribution in [1.29, 1.82) is 0 Å². The molecular formula is C21H23N3O5. The van der Waals surface area contributed by atoms with Gasteiger partial charge in [0.25, 0.3) is 0 Å². The highest BCUT2D eigenvalue weighted by Crippen LogP contribution is 2.30. The molecule has 4 rings (SSSR count). The summed E-state index contributed by atoms with van der Waals surface area (Å²) in [5, 5.41) is 0. The second kappa shape index (κ2) is 7.98. The number of carbonyl (C=O) groups is 2. The van der Waals surface area contributed by atoms with Gasteiger partial charge in [0.15, 0.2) is 0 Å². The Morgan fingerprint density at radius 2 is 1.97 bits per heavy atom. The van der Waals surface area contributed by atoms with Crippen LogP contribution in [0.2, 0.25) is 0 Å². The average Bonchev–Trinajstić information content (AvgIpc) is 3.29. The van der Waals surface area contributed by atoms with Gasteiger partial charge in [-0.25, -0.2) is 14.6 Å². The number of hydrogen-bond acceptors (Lipinski definition) is 7. The fourth-order valence-corrected chi connectivity index (χ4v) is 3.80. The normalized spacial score (nSPS) is 20.4. The number of pyridine rings is 1. The van der Waals surface area contributed by atoms with Crippen molar-refractivity contribution in [2.24, 2.45) is 0 Å². The van der Waals surface area contributed by atoms with Crippen LogP contribution < -0.4 is 9.64 Å². The molecule has 0 bridgehead atoms. The Hall–Kier alpha value is -3.29. The van der Waals surface area contributed by atoms with Gasteiger partial charge >= 0.3 is 12.1 Å². The molecule has 2 aliphatic rings. The highest BCUT2D eigenvalue weighted by molar-refractivity contribution is 5.89. The van der Waals surface area contributed by atoms with E-state index in [1.807, 2.05) is 24.3 Å². The maximum absolute atomic E-state index is 12.3. The number of carbonyl (C=O) groups excluding carboxylic acids is 2. The minimum Gasteiger partial charge on any atom is -0.497 e. The molecule has 8 nitrogen and oxygen atoms in total. The van der Waals surface area contributed by atoms with Crippen LogP contribution in [0, 0.1) is 0 Å². The zero-order valence-electron chi connectivity index (χ0n) is 16.4. The zero-order chi connectivity index (χ0) is 20.4. The molecule has 3 heterocycles. The number of hydrogen-bond donors (Lipinski definition) is 0. The molecule has 0 aliphatic carbocycles. The molecule has 1 amide bonds. The van der Waals surface area contributed by atoms with E-state index < -0.39 is 5.97 Å². The molecule has 2 atom stereocenters. The third-order valence-corrected chi connectivity index (χ3v) is 5.42. The quantitative estimate of drug-likeness (QED) is 0.691. The number of anilines is 1. The van der Waals surface area contributed by atoms with Crippen molar-refractivity contribution in [3.63, 3.8) is 0 Å². The molecule has 2 aliphatic heterocycles. The van der Waals surface area contributed by atoms with Crippen molar-refractivity contribution in [1.82, 2.24) is 9.88 Å². The number of aromatic nitrogens is 1. The molecule has 0 unspecified atom stereocenters. The summed E-state index contributed by atoms with van der Waals surface area (Å²) in [6, 6.07) is 11.3. The summed E-state index contributed by atoms with van der Waals surface area (Å²) in [4.78, 5) is 32.1. The molecule has 1 aromatic heterocycles. The van der Waals surface area contributed by atoms with Gasteiger partial charge in [-0.15, -0.1) is 0 Å². The first-order valence-electron chi connectivity index (χ1n) is 9.48. The number of rotatable bonds is 6. The van der Waals surface area contributed by atoms with Crippen LogP contribution in [-0.2, 0) is 15.9 Å². The maximum atomic E-state index is 12.3. The fourth-order valence-electron chi connectivity index (χ4n) is 3.80. The molecule has 2 saturated heterocycles. The average molecular weight is 397 g/mol. The summed E-state index contributed by atoms with van der Waals surface area (Å²) in [7, 11) is 2.98. The summed E-state index contributed by atoms with van der Waals surface area (Å²) in [6.07, 6.45) is 1.81. The van der Waals surface area contributed by atoms with Gasteiger partial charge in [0.1, 0.15) is 17.7 Å². The largest absolute Gasteiger partial charge is 0.497 e. The standard InChI is InChI=1S/C21H23N3O5/c1-27-16-6-3-14(4-7-16)9-10-24-17-12-23(13-18(17)29-21(24)26)19-8-5-15(11-22-19)20(25)28-2/h3-8,11,17-18H,9-10,12-13H2,1-2H3/t17-,18+/m0/s1. The van der Waals surface area contributed by atoms with E-state index in [0.717, 1.165) is 23.6 Å². The van der Waals surface area contributed by atoms with Crippen LogP contribution in [0.5, 0.6) is 5.75 Å². The van der Waals surface area contributed by atoms with Gasteiger partial charge in [-0.2, -0.15) is 0 Å². The lowest BCUT2D eigenvalue weighted by molar-refractivity contribution is 0.0600. The predicted molar refractivity (Wildman–Crippen MR) is 105 cm³/mol. The van der Waals surface area contributed by atoms with Crippen LogP contribution in [0.4, 0.5) is 10.6 Å². The van der Waals surface area contributed by atoms with E-state index >= 15 is 0 Å². The molecule has 8 heteroatoms. The van der Waals surface area contributed by atoms with Crippen molar-refractivity contribution in [3.05, 3.63) is 53.7 Å². The van der Waals surface area contributed by atoms with Gasteiger partial charge in [-0.3, -0.25) is 4.90 Å². The number of fused-ring (bicyclic) bond motifs is 1. The molecular weight excluding hydrogens is 374 g/mol. The summed E-state index contributed by atoms with van der Waals surface area (Å²) in [5.74, 6) is 1.14. The van der Waals surface area contributed by atoms with Gasteiger partial charge in [0.2, 0.25) is 0 Å². The lowest BCUT2D eigenvalue weighted by Gasteiger charge is -2.23. The van der Waals surface area contributed by atoms with Crippen LogP contribution in [0.25, 0.3) is 0 Å². The van der Waals surface area contributed by atoms with Crippen LogP contribution in [0.1, 0.15) is 15.9 Å². The number of esters is 1. The summed E-state index contributed by atoms with van der Waals surface area (Å²) < 4.78 is 15.5. The van der Waals surface area contributed by atoms with E-state index in [4.69, 9.17) is 14.2 Å². The Morgan fingerprint density at radius 3 is 2.62 bits per heavy atom. The maximum Gasteiger partial charge on any atom is 0.410 e. The van der Waals surface area contributed by atoms with E-state index in [0.29, 0.717) is 25.2 Å². The molecule has 0 radical (unpaired) electrons. The van der Waals surface area contributed by atoms with Crippen molar-refractivity contribution in [2.45, 2.75) is 18.6 Å². The Morgan fingerprint density at radius 1 is 1.17 bits per heavy atom. The zero-order valence-corrected chi connectivity index (χ0v) is 16.4. The van der Waals surface area contributed by atoms with Crippen LogP contribution in [0.15, 0.2) is 42.6 Å². The SMILES string of the molecule is COC(=O)c1ccc(N2C[C@H]3OC(=O)N(CCc4ccc(OC)cc4)[C@H]3C2)nc1. The lowest BCUT2D eigenvalue weighted by atomic mass is 10.1. The van der Waals surface area contributed by atoms with Crippen molar-refractivity contribution in [2.75, 3.05) is 38.8 Å². The lowest BCUT2D eigenvalue weighted by Crippen LogP contribution is -2.39. The van der Waals surface area contributed by atoms with Crippen molar-refractivity contribution < 1.29 is 23.8 Å². The monoisotopic (exact) mass is 397 g/mol.